The molecule has 2 heterocycles. The highest BCUT2D eigenvalue weighted by molar-refractivity contribution is 7.11. The summed E-state index contributed by atoms with van der Waals surface area (Å²) in [6, 6.07) is 0.0612. The van der Waals surface area contributed by atoms with Crippen molar-refractivity contribution >= 4 is 22.9 Å². The average molecular weight is 299 g/mol. The molecule has 4 nitrogen and oxygen atoms in total. The number of aryl methyl sites for hydroxylation is 3. The number of halogens is 1. The third-order valence-corrected chi connectivity index (χ3v) is 4.44. The van der Waals surface area contributed by atoms with Crippen LogP contribution in [-0.2, 0) is 7.05 Å². The van der Waals surface area contributed by atoms with E-state index in [-0.39, 0.29) is 6.04 Å². The van der Waals surface area contributed by atoms with Crippen LogP contribution < -0.4 is 5.32 Å². The number of thiazole rings is 1. The second kappa shape index (κ2) is 6.03. The van der Waals surface area contributed by atoms with Crippen molar-refractivity contribution in [1.82, 2.24) is 20.1 Å². The van der Waals surface area contributed by atoms with Gasteiger partial charge in [-0.1, -0.05) is 18.5 Å². The molecule has 0 bridgehead atoms. The summed E-state index contributed by atoms with van der Waals surface area (Å²) in [6.45, 7) is 7.16. The third kappa shape index (κ3) is 2.99. The lowest BCUT2D eigenvalue weighted by Gasteiger charge is -2.18. The van der Waals surface area contributed by atoms with Gasteiger partial charge in [-0.25, -0.2) is 4.98 Å². The summed E-state index contributed by atoms with van der Waals surface area (Å²) < 4.78 is 1.84. The van der Waals surface area contributed by atoms with Crippen molar-refractivity contribution in [3.8, 4) is 0 Å². The molecule has 1 unspecified atom stereocenters. The van der Waals surface area contributed by atoms with Crippen LogP contribution in [0.1, 0.15) is 40.7 Å². The average Bonchev–Trinajstić information content (AvgIpc) is 2.85. The molecule has 104 valence electrons. The maximum Gasteiger partial charge on any atom is 0.0900 e. The first-order valence-electron chi connectivity index (χ1n) is 6.39. The Morgan fingerprint density at radius 1 is 1.47 bits per heavy atom. The van der Waals surface area contributed by atoms with Gasteiger partial charge >= 0.3 is 0 Å². The maximum absolute atomic E-state index is 6.29. The van der Waals surface area contributed by atoms with E-state index in [1.165, 1.54) is 4.88 Å². The fourth-order valence-corrected chi connectivity index (χ4v) is 3.44. The lowest BCUT2D eigenvalue weighted by atomic mass is 10.1. The van der Waals surface area contributed by atoms with E-state index in [1.807, 2.05) is 25.6 Å². The highest BCUT2D eigenvalue weighted by atomic mass is 35.5. The van der Waals surface area contributed by atoms with Crippen LogP contribution in [-0.4, -0.2) is 21.3 Å². The number of nitrogens with one attached hydrogen (secondary N) is 1. The van der Waals surface area contributed by atoms with Crippen LogP contribution in [0.3, 0.4) is 0 Å². The largest absolute Gasteiger partial charge is 0.304 e. The van der Waals surface area contributed by atoms with Crippen molar-refractivity contribution in [2.75, 3.05) is 6.54 Å². The Bertz CT molecular complexity index is 541. The van der Waals surface area contributed by atoms with Crippen LogP contribution in [0.2, 0.25) is 5.02 Å². The molecule has 19 heavy (non-hydrogen) atoms. The monoisotopic (exact) mass is 298 g/mol. The van der Waals surface area contributed by atoms with E-state index in [0.717, 1.165) is 29.4 Å². The minimum absolute atomic E-state index is 0.0612. The van der Waals surface area contributed by atoms with Gasteiger partial charge in [0.05, 0.1) is 38.5 Å². The number of rotatable bonds is 5. The van der Waals surface area contributed by atoms with E-state index >= 15 is 0 Å². The topological polar surface area (TPSA) is 42.7 Å². The molecular formula is C13H19ClN4S. The Morgan fingerprint density at radius 3 is 2.68 bits per heavy atom. The van der Waals surface area contributed by atoms with Crippen molar-refractivity contribution in [3.63, 3.8) is 0 Å². The van der Waals surface area contributed by atoms with Gasteiger partial charge in [-0.3, -0.25) is 4.68 Å². The SMILES string of the molecule is CCCNC(c1sc(C)nc1C)c1c(Cl)cnn1C. The summed E-state index contributed by atoms with van der Waals surface area (Å²) in [4.78, 5) is 5.73. The second-order valence-corrected chi connectivity index (χ2v) is 6.21. The third-order valence-electron chi connectivity index (χ3n) is 3.01. The Kier molecular flexibility index (Phi) is 4.60. The van der Waals surface area contributed by atoms with E-state index in [4.69, 9.17) is 11.6 Å². The normalized spacial score (nSPS) is 12.9. The van der Waals surface area contributed by atoms with Crippen molar-refractivity contribution in [2.24, 2.45) is 7.05 Å². The van der Waals surface area contributed by atoms with Gasteiger partial charge in [-0.2, -0.15) is 5.10 Å². The summed E-state index contributed by atoms with van der Waals surface area (Å²) in [5.41, 5.74) is 2.07. The van der Waals surface area contributed by atoms with Crippen molar-refractivity contribution in [3.05, 3.63) is 32.5 Å². The molecule has 2 rings (SSSR count). The molecule has 1 atom stereocenters. The summed E-state index contributed by atoms with van der Waals surface area (Å²) >= 11 is 8.00. The van der Waals surface area contributed by atoms with E-state index in [9.17, 15) is 0 Å². The molecule has 0 aliphatic rings. The predicted octanol–water partition coefficient (Wildman–Crippen LogP) is 3.24. The van der Waals surface area contributed by atoms with Gasteiger partial charge in [0.15, 0.2) is 0 Å². The van der Waals surface area contributed by atoms with Crippen LogP contribution in [0.4, 0.5) is 0 Å². The number of hydrogen-bond acceptors (Lipinski definition) is 4. The Labute approximate surface area is 122 Å². The van der Waals surface area contributed by atoms with E-state index in [0.29, 0.717) is 5.02 Å². The lowest BCUT2D eigenvalue weighted by Crippen LogP contribution is -2.25. The van der Waals surface area contributed by atoms with E-state index in [1.54, 1.807) is 17.5 Å². The van der Waals surface area contributed by atoms with Crippen LogP contribution in [0.15, 0.2) is 6.20 Å². The van der Waals surface area contributed by atoms with Gasteiger partial charge in [0, 0.05) is 7.05 Å². The Hall–Kier alpha value is -0.910. The fraction of sp³-hybridized carbons (Fsp3) is 0.538. The van der Waals surface area contributed by atoms with Crippen molar-refractivity contribution in [1.29, 1.82) is 0 Å². The minimum atomic E-state index is 0.0612. The summed E-state index contributed by atoms with van der Waals surface area (Å²) in [7, 11) is 1.92. The smallest absolute Gasteiger partial charge is 0.0900 e. The molecule has 0 radical (unpaired) electrons. The van der Waals surface area contributed by atoms with Gasteiger partial charge in [0.25, 0.3) is 0 Å². The lowest BCUT2D eigenvalue weighted by molar-refractivity contribution is 0.557. The number of nitrogens with zero attached hydrogens (tertiary/aromatic N) is 3. The van der Waals surface area contributed by atoms with E-state index in [2.05, 4.69) is 22.3 Å². The zero-order valence-electron chi connectivity index (χ0n) is 11.7. The zero-order valence-corrected chi connectivity index (χ0v) is 13.3. The van der Waals surface area contributed by atoms with Crippen molar-refractivity contribution < 1.29 is 0 Å². The van der Waals surface area contributed by atoms with Crippen LogP contribution in [0.5, 0.6) is 0 Å². The highest BCUT2D eigenvalue weighted by Gasteiger charge is 2.24. The van der Waals surface area contributed by atoms with Crippen LogP contribution in [0.25, 0.3) is 0 Å². The molecule has 0 saturated heterocycles. The molecule has 0 aliphatic heterocycles. The first kappa shape index (κ1) is 14.5. The molecule has 6 heteroatoms. The second-order valence-electron chi connectivity index (χ2n) is 4.57. The van der Waals surface area contributed by atoms with Crippen LogP contribution in [0, 0.1) is 13.8 Å². The molecule has 0 aliphatic carbocycles. The quantitative estimate of drug-likeness (QED) is 0.921. The molecule has 0 fully saturated rings. The molecule has 1 N–H and O–H groups in total. The van der Waals surface area contributed by atoms with Gasteiger partial charge < -0.3 is 5.32 Å². The van der Waals surface area contributed by atoms with Crippen LogP contribution >= 0.6 is 22.9 Å². The zero-order chi connectivity index (χ0) is 14.0. The molecule has 0 saturated carbocycles. The maximum atomic E-state index is 6.29. The summed E-state index contributed by atoms with van der Waals surface area (Å²) in [5, 5.41) is 9.56. The molecule has 2 aromatic heterocycles. The summed E-state index contributed by atoms with van der Waals surface area (Å²) in [5.74, 6) is 0. The first-order chi connectivity index (χ1) is 9.04. The predicted molar refractivity (Wildman–Crippen MR) is 79.9 cm³/mol. The van der Waals surface area contributed by atoms with Crippen molar-refractivity contribution in [2.45, 2.75) is 33.2 Å². The molecule has 0 aromatic carbocycles. The summed E-state index contributed by atoms with van der Waals surface area (Å²) in [6.07, 6.45) is 2.77. The van der Waals surface area contributed by atoms with Gasteiger partial charge in [-0.05, 0) is 26.8 Å². The molecule has 0 amide bonds. The standard InChI is InChI=1S/C13H19ClN4S/c1-5-6-15-11(12-10(14)7-16-18(12)4)13-8(2)17-9(3)19-13/h7,11,15H,5-6H2,1-4H3. The van der Waals surface area contributed by atoms with Gasteiger partial charge in [0.2, 0.25) is 0 Å². The molecule has 2 aromatic rings. The van der Waals surface area contributed by atoms with E-state index < -0.39 is 0 Å². The molecule has 0 spiro atoms. The first-order valence-corrected chi connectivity index (χ1v) is 7.58. The Balaban J connectivity index is 2.44. The van der Waals surface area contributed by atoms with Gasteiger partial charge in [0.1, 0.15) is 0 Å². The molecular weight excluding hydrogens is 280 g/mol. The Morgan fingerprint density at radius 2 is 2.21 bits per heavy atom. The minimum Gasteiger partial charge on any atom is -0.304 e. The number of aromatic nitrogens is 3. The number of hydrogen-bond donors (Lipinski definition) is 1. The fourth-order valence-electron chi connectivity index (χ4n) is 2.16. The van der Waals surface area contributed by atoms with Gasteiger partial charge in [-0.15, -0.1) is 11.3 Å². The highest BCUT2D eigenvalue weighted by Crippen LogP contribution is 2.33.